The van der Waals surface area contributed by atoms with Gasteiger partial charge in [-0.25, -0.2) is 9.07 Å². The number of piperidine rings is 1. The van der Waals surface area contributed by atoms with Gasteiger partial charge in [0.05, 0.1) is 21.8 Å². The number of carbonyl (C=O) groups is 2. The third-order valence-corrected chi connectivity index (χ3v) is 6.97. The van der Waals surface area contributed by atoms with Crippen LogP contribution in [0.15, 0.2) is 54.9 Å². The van der Waals surface area contributed by atoms with Crippen molar-refractivity contribution in [2.45, 2.75) is 25.8 Å². The maximum atomic E-state index is 13.3. The van der Waals surface area contributed by atoms with Crippen LogP contribution in [0.25, 0.3) is 15.9 Å². The van der Waals surface area contributed by atoms with Crippen LogP contribution in [0.5, 0.6) is 0 Å². The van der Waals surface area contributed by atoms with Gasteiger partial charge in [-0.3, -0.25) is 14.6 Å². The summed E-state index contributed by atoms with van der Waals surface area (Å²) in [5.41, 5.74) is 2.11. The quantitative estimate of drug-likeness (QED) is 0.497. The molecule has 2 amide bonds. The summed E-state index contributed by atoms with van der Waals surface area (Å²) in [5.74, 6) is -0.461. The van der Waals surface area contributed by atoms with Gasteiger partial charge in [0.2, 0.25) is 0 Å². The van der Waals surface area contributed by atoms with E-state index in [0.29, 0.717) is 36.4 Å². The number of aryl methyl sites for hydroxylation is 1. The first kappa shape index (κ1) is 21.3. The van der Waals surface area contributed by atoms with Crippen molar-refractivity contribution < 1.29 is 14.0 Å². The van der Waals surface area contributed by atoms with Gasteiger partial charge in [-0.05, 0) is 62.2 Å². The minimum atomic E-state index is -0.305. The normalized spacial score (nSPS) is 14.5. The Kier molecular flexibility index (Phi) is 5.63. The predicted molar refractivity (Wildman–Crippen MR) is 124 cm³/mol. The highest BCUT2D eigenvalue weighted by Crippen LogP contribution is 2.31. The molecule has 0 spiro atoms. The summed E-state index contributed by atoms with van der Waals surface area (Å²) in [6, 6.07) is 11.5. The van der Waals surface area contributed by atoms with E-state index in [9.17, 15) is 14.0 Å². The summed E-state index contributed by atoms with van der Waals surface area (Å²) < 4.78 is 15.1. The Hall–Kier alpha value is -3.59. The molecule has 1 aliphatic heterocycles. The van der Waals surface area contributed by atoms with E-state index in [1.54, 1.807) is 41.3 Å². The van der Waals surface area contributed by atoms with Gasteiger partial charge in [-0.2, -0.15) is 5.10 Å². The van der Waals surface area contributed by atoms with Crippen molar-refractivity contribution in [1.29, 1.82) is 0 Å². The van der Waals surface area contributed by atoms with Crippen LogP contribution in [0.4, 0.5) is 4.39 Å². The average molecular weight is 464 g/mol. The largest absolute Gasteiger partial charge is 0.349 e. The zero-order valence-electron chi connectivity index (χ0n) is 18.0. The third kappa shape index (κ3) is 4.23. The van der Waals surface area contributed by atoms with Crippen LogP contribution in [0, 0.1) is 12.7 Å². The molecular formula is C24H22FN5O2S. The summed E-state index contributed by atoms with van der Waals surface area (Å²) in [4.78, 5) is 32.9. The molecule has 4 aromatic rings. The lowest BCUT2D eigenvalue weighted by atomic mass is 10.0. The number of aromatic nitrogens is 3. The maximum Gasteiger partial charge on any atom is 0.264 e. The number of carbonyl (C=O) groups excluding carboxylic acids is 2. The molecular weight excluding hydrogens is 441 g/mol. The van der Waals surface area contributed by atoms with E-state index >= 15 is 0 Å². The molecule has 1 saturated heterocycles. The summed E-state index contributed by atoms with van der Waals surface area (Å²) in [5, 5.41) is 8.52. The number of hydrogen-bond donors (Lipinski definition) is 1. The highest BCUT2D eigenvalue weighted by molar-refractivity contribution is 7.20. The summed E-state index contributed by atoms with van der Waals surface area (Å²) in [6.45, 7) is 3.06. The van der Waals surface area contributed by atoms with Gasteiger partial charge in [0.15, 0.2) is 0 Å². The van der Waals surface area contributed by atoms with Crippen molar-refractivity contribution in [2.24, 2.45) is 0 Å². The van der Waals surface area contributed by atoms with E-state index in [0.717, 1.165) is 21.6 Å². The van der Waals surface area contributed by atoms with E-state index in [1.165, 1.54) is 23.5 Å². The highest BCUT2D eigenvalue weighted by Gasteiger charge is 2.27. The van der Waals surface area contributed by atoms with Gasteiger partial charge in [0, 0.05) is 36.9 Å². The Morgan fingerprint density at radius 2 is 1.91 bits per heavy atom. The maximum absolute atomic E-state index is 13.3. The van der Waals surface area contributed by atoms with E-state index < -0.39 is 0 Å². The molecule has 168 valence electrons. The molecule has 7 nitrogen and oxygen atoms in total. The first-order valence-electron chi connectivity index (χ1n) is 10.7. The Morgan fingerprint density at radius 1 is 1.15 bits per heavy atom. The number of rotatable bonds is 4. The summed E-state index contributed by atoms with van der Waals surface area (Å²) >= 11 is 1.39. The number of nitrogens with one attached hydrogen (secondary N) is 1. The number of pyridine rings is 1. The van der Waals surface area contributed by atoms with Gasteiger partial charge in [-0.15, -0.1) is 11.3 Å². The molecule has 4 heterocycles. The molecule has 1 N–H and O–H groups in total. The van der Waals surface area contributed by atoms with Crippen LogP contribution in [-0.4, -0.2) is 50.6 Å². The Morgan fingerprint density at radius 3 is 2.61 bits per heavy atom. The van der Waals surface area contributed by atoms with Gasteiger partial charge < -0.3 is 10.2 Å². The molecule has 3 aromatic heterocycles. The Labute approximate surface area is 193 Å². The molecule has 9 heteroatoms. The number of amides is 2. The summed E-state index contributed by atoms with van der Waals surface area (Å²) in [6.07, 6.45) is 4.58. The van der Waals surface area contributed by atoms with Crippen molar-refractivity contribution in [3.8, 4) is 5.69 Å². The van der Waals surface area contributed by atoms with Gasteiger partial charge in [-0.1, -0.05) is 0 Å². The third-order valence-electron chi connectivity index (χ3n) is 5.87. The molecule has 0 radical (unpaired) electrons. The van der Waals surface area contributed by atoms with Crippen LogP contribution >= 0.6 is 11.3 Å². The van der Waals surface area contributed by atoms with Crippen molar-refractivity contribution in [3.05, 3.63) is 76.8 Å². The van der Waals surface area contributed by atoms with Gasteiger partial charge in [0.1, 0.15) is 10.6 Å². The van der Waals surface area contributed by atoms with E-state index in [-0.39, 0.29) is 23.7 Å². The fourth-order valence-electron chi connectivity index (χ4n) is 4.06. The standard InChI is InChI=1S/C24H22FN5O2S/c1-15-20-13-21(33-24(20)30(28-15)19-6-4-17(25)5-7-19)23(32)29-11-8-18(9-12-29)27-22(31)16-3-2-10-26-14-16/h2-7,10,13-14,18H,8-9,11-12H2,1H3,(H,27,31). The van der Waals surface area contributed by atoms with Crippen LogP contribution < -0.4 is 5.32 Å². The number of nitrogens with zero attached hydrogens (tertiary/aromatic N) is 4. The second-order valence-electron chi connectivity index (χ2n) is 8.08. The molecule has 5 rings (SSSR count). The first-order valence-corrected chi connectivity index (χ1v) is 11.6. The molecule has 0 aliphatic carbocycles. The molecule has 0 atom stereocenters. The lowest BCUT2D eigenvalue weighted by Crippen LogP contribution is -2.46. The monoisotopic (exact) mass is 463 g/mol. The van der Waals surface area contributed by atoms with Crippen molar-refractivity contribution in [2.75, 3.05) is 13.1 Å². The highest BCUT2D eigenvalue weighted by atomic mass is 32.1. The van der Waals surface area contributed by atoms with E-state index in [4.69, 9.17) is 0 Å². The Balaban J connectivity index is 1.27. The molecule has 0 bridgehead atoms. The fourth-order valence-corrected chi connectivity index (χ4v) is 5.21. The number of thiophene rings is 1. The van der Waals surface area contributed by atoms with E-state index in [1.807, 2.05) is 17.9 Å². The number of likely N-dealkylation sites (tertiary alicyclic amines) is 1. The Bertz CT molecular complexity index is 1310. The fraction of sp³-hybridized carbons (Fsp3) is 0.250. The lowest BCUT2D eigenvalue weighted by Gasteiger charge is -2.32. The molecule has 1 fully saturated rings. The molecule has 0 unspecified atom stereocenters. The van der Waals surface area contributed by atoms with Crippen LogP contribution in [-0.2, 0) is 0 Å². The lowest BCUT2D eigenvalue weighted by molar-refractivity contribution is 0.0703. The average Bonchev–Trinajstić information content (AvgIpc) is 3.41. The van der Waals surface area contributed by atoms with Crippen LogP contribution in [0.2, 0.25) is 0 Å². The number of fused-ring (bicyclic) bond motifs is 1. The van der Waals surface area contributed by atoms with Crippen molar-refractivity contribution in [3.63, 3.8) is 0 Å². The number of benzene rings is 1. The molecule has 1 aliphatic rings. The van der Waals surface area contributed by atoms with E-state index in [2.05, 4.69) is 15.4 Å². The SMILES string of the molecule is Cc1nn(-c2ccc(F)cc2)c2sc(C(=O)N3CCC(NC(=O)c4cccnc4)CC3)cc12. The number of hydrogen-bond acceptors (Lipinski definition) is 5. The van der Waals surface area contributed by atoms with Crippen molar-refractivity contribution in [1.82, 2.24) is 25.0 Å². The molecule has 33 heavy (non-hydrogen) atoms. The number of halogens is 1. The summed E-state index contributed by atoms with van der Waals surface area (Å²) in [7, 11) is 0. The predicted octanol–water partition coefficient (Wildman–Crippen LogP) is 3.96. The minimum Gasteiger partial charge on any atom is -0.349 e. The molecule has 0 saturated carbocycles. The zero-order valence-corrected chi connectivity index (χ0v) is 18.8. The topological polar surface area (TPSA) is 80.1 Å². The second kappa shape index (κ2) is 8.74. The van der Waals surface area contributed by atoms with Crippen LogP contribution in [0.3, 0.4) is 0 Å². The zero-order chi connectivity index (χ0) is 22.9. The smallest absolute Gasteiger partial charge is 0.264 e. The molecule has 1 aromatic carbocycles. The van der Waals surface area contributed by atoms with Gasteiger partial charge in [0.25, 0.3) is 11.8 Å². The second-order valence-corrected chi connectivity index (χ2v) is 9.12. The first-order chi connectivity index (χ1) is 16.0. The minimum absolute atomic E-state index is 0.0155. The van der Waals surface area contributed by atoms with Crippen LogP contribution in [0.1, 0.15) is 38.6 Å². The van der Waals surface area contributed by atoms with Crippen molar-refractivity contribution >= 4 is 33.4 Å². The van der Waals surface area contributed by atoms with Gasteiger partial charge >= 0.3 is 0 Å².